The highest BCUT2D eigenvalue weighted by Crippen LogP contribution is 2.19. The number of hydrogen-bond donors (Lipinski definition) is 19. The normalized spacial score (nSPS) is 23.8. The Morgan fingerprint density at radius 1 is 0.644 bits per heavy atom. The SMILES string of the molecule is CCC(C)C(=O)OC(C)(C)CC(=O)N[C@@H](CCN)C(=O)N[C@H](C(=O)N[C@@H](CCN)C(=O)N[C@H]1CCN[C@H](O)[C@H](C(C)O)NC(=O)[C@H](CCN)NC(=O)[C@H](CCN)NC(=O)[C@H](CC(C)C)NC(=O)[C@@H](Cc2ccccc2)NC(=O)[C@H](CCN)NC1)C(C)O. The second kappa shape index (κ2) is 39.4. The van der Waals surface area contributed by atoms with Crippen molar-refractivity contribution in [2.75, 3.05) is 45.8 Å². The Morgan fingerprint density at radius 2 is 1.15 bits per heavy atom. The van der Waals surface area contributed by atoms with E-state index < -0.39 is 150 Å². The van der Waals surface area contributed by atoms with Gasteiger partial charge in [-0.3, -0.25) is 53.3 Å². The van der Waals surface area contributed by atoms with E-state index in [0.29, 0.717) is 12.0 Å². The minimum absolute atomic E-state index is 0.00699. The summed E-state index contributed by atoms with van der Waals surface area (Å²) in [6.07, 6.45) is -5.01. The average Bonchev–Trinajstić information content (AvgIpc) is 2.47. The van der Waals surface area contributed by atoms with Gasteiger partial charge in [-0.15, -0.1) is 0 Å². The summed E-state index contributed by atoms with van der Waals surface area (Å²) in [7, 11) is 0. The smallest absolute Gasteiger partial charge is 0.309 e. The van der Waals surface area contributed by atoms with Gasteiger partial charge >= 0.3 is 5.97 Å². The molecule has 1 heterocycles. The van der Waals surface area contributed by atoms with Gasteiger partial charge in [0, 0.05) is 19.0 Å². The van der Waals surface area contributed by atoms with E-state index in [1.807, 2.05) is 20.8 Å². The van der Waals surface area contributed by atoms with E-state index >= 15 is 0 Å². The van der Waals surface area contributed by atoms with Crippen molar-refractivity contribution < 1.29 is 68.0 Å². The maximum atomic E-state index is 14.5. The average molecular weight is 1240 g/mol. The highest BCUT2D eigenvalue weighted by Gasteiger charge is 2.37. The van der Waals surface area contributed by atoms with Gasteiger partial charge in [0.05, 0.1) is 36.6 Å². The summed E-state index contributed by atoms with van der Waals surface area (Å²) in [5, 5.41) is 62.9. The largest absolute Gasteiger partial charge is 0.459 e. The lowest BCUT2D eigenvalue weighted by atomic mass is 10.00. The molecule has 0 spiro atoms. The summed E-state index contributed by atoms with van der Waals surface area (Å²) in [5.41, 5.74) is 28.9. The molecule has 1 aromatic rings. The third-order valence-corrected chi connectivity index (χ3v) is 14.4. The lowest BCUT2D eigenvalue weighted by Crippen LogP contribution is -2.61. The van der Waals surface area contributed by atoms with Gasteiger partial charge in [-0.2, -0.15) is 0 Å². The first-order chi connectivity index (χ1) is 41.0. The molecule has 1 fully saturated rings. The minimum Gasteiger partial charge on any atom is -0.459 e. The van der Waals surface area contributed by atoms with Gasteiger partial charge in [-0.05, 0) is 130 Å². The number of nitrogens with two attached hydrogens (primary N) is 5. The molecule has 30 nitrogen and oxygen atoms in total. The van der Waals surface area contributed by atoms with Gasteiger partial charge in [-0.1, -0.05) is 58.0 Å². The van der Waals surface area contributed by atoms with Crippen LogP contribution in [-0.2, 0) is 59.1 Å². The fraction of sp³-hybridized carbons (Fsp3) is 0.719. The van der Waals surface area contributed by atoms with Crippen LogP contribution in [0.25, 0.3) is 0 Å². The summed E-state index contributed by atoms with van der Waals surface area (Å²) in [5.74, 6) is -8.41. The summed E-state index contributed by atoms with van der Waals surface area (Å²) in [6, 6.07) is -4.44. The van der Waals surface area contributed by atoms with Crippen LogP contribution in [0.2, 0.25) is 0 Å². The van der Waals surface area contributed by atoms with Crippen LogP contribution >= 0.6 is 0 Å². The number of hydrogen-bond acceptors (Lipinski definition) is 21. The summed E-state index contributed by atoms with van der Waals surface area (Å²) in [6.45, 7) is 11.9. The van der Waals surface area contributed by atoms with Gasteiger partial charge in [-0.25, -0.2) is 0 Å². The third-order valence-electron chi connectivity index (χ3n) is 14.4. The van der Waals surface area contributed by atoms with Crippen molar-refractivity contribution in [3.8, 4) is 0 Å². The predicted octanol–water partition coefficient (Wildman–Crippen LogP) is -5.83. The molecule has 2 rings (SSSR count). The number of carbonyl (C=O) groups excluding carboxylic acids is 10. The molecule has 14 atom stereocenters. The quantitative estimate of drug-likeness (QED) is 0.0348. The molecule has 3 unspecified atom stereocenters. The van der Waals surface area contributed by atoms with E-state index in [9.17, 15) is 63.3 Å². The Balaban J connectivity index is 2.63. The molecule has 0 saturated carbocycles. The second-order valence-electron chi connectivity index (χ2n) is 23.2. The number of amides is 9. The molecule has 1 saturated heterocycles. The van der Waals surface area contributed by atoms with E-state index in [1.165, 1.54) is 27.7 Å². The van der Waals surface area contributed by atoms with Crippen molar-refractivity contribution in [1.29, 1.82) is 0 Å². The maximum absolute atomic E-state index is 14.5. The number of ether oxygens (including phenoxy) is 1. The summed E-state index contributed by atoms with van der Waals surface area (Å²) < 4.78 is 5.53. The van der Waals surface area contributed by atoms with Gasteiger partial charge in [0.25, 0.3) is 0 Å². The van der Waals surface area contributed by atoms with Crippen LogP contribution in [0.5, 0.6) is 0 Å². The second-order valence-corrected chi connectivity index (χ2v) is 23.2. The zero-order valence-electron chi connectivity index (χ0n) is 51.8. The number of rotatable bonds is 28. The Bertz CT molecular complexity index is 2350. The number of aliphatic hydroxyl groups excluding tert-OH is 3. The molecule has 494 valence electrons. The predicted molar refractivity (Wildman–Crippen MR) is 323 cm³/mol. The van der Waals surface area contributed by atoms with Crippen LogP contribution in [0.15, 0.2) is 30.3 Å². The molecule has 1 aromatic carbocycles. The summed E-state index contributed by atoms with van der Waals surface area (Å²) >= 11 is 0. The number of esters is 1. The Morgan fingerprint density at radius 3 is 1.68 bits per heavy atom. The van der Waals surface area contributed by atoms with Crippen molar-refractivity contribution in [3.63, 3.8) is 0 Å². The minimum atomic E-state index is -1.70. The molecular formula is C57H102N16O14. The first-order valence-electron chi connectivity index (χ1n) is 30.1. The molecule has 24 N–H and O–H groups in total. The van der Waals surface area contributed by atoms with Crippen LogP contribution in [0.1, 0.15) is 119 Å². The van der Waals surface area contributed by atoms with Crippen LogP contribution in [0.3, 0.4) is 0 Å². The van der Waals surface area contributed by atoms with Crippen LogP contribution in [0, 0.1) is 11.8 Å². The van der Waals surface area contributed by atoms with E-state index in [-0.39, 0.29) is 110 Å². The molecule has 0 aliphatic carbocycles. The lowest BCUT2D eigenvalue weighted by molar-refractivity contribution is -0.163. The molecule has 9 amide bonds. The van der Waals surface area contributed by atoms with Crippen molar-refractivity contribution in [3.05, 3.63) is 35.9 Å². The van der Waals surface area contributed by atoms with Gasteiger partial charge in [0.15, 0.2) is 0 Å². The monoisotopic (exact) mass is 1230 g/mol. The summed E-state index contributed by atoms with van der Waals surface area (Å²) in [4.78, 5) is 139. The molecule has 87 heavy (non-hydrogen) atoms. The topological polar surface area (TPSA) is 503 Å². The van der Waals surface area contributed by atoms with Crippen molar-refractivity contribution >= 4 is 59.1 Å². The van der Waals surface area contributed by atoms with Crippen molar-refractivity contribution in [2.24, 2.45) is 40.5 Å². The van der Waals surface area contributed by atoms with E-state index in [0.717, 1.165) is 0 Å². The van der Waals surface area contributed by atoms with E-state index in [4.69, 9.17) is 33.4 Å². The maximum Gasteiger partial charge on any atom is 0.309 e. The zero-order chi connectivity index (χ0) is 65.6. The fourth-order valence-corrected chi connectivity index (χ4v) is 9.29. The fourth-order valence-electron chi connectivity index (χ4n) is 9.29. The van der Waals surface area contributed by atoms with Gasteiger partial charge < -0.3 is 102 Å². The number of carbonyl (C=O) groups is 10. The van der Waals surface area contributed by atoms with Crippen LogP contribution in [-0.4, -0.2) is 205 Å². The molecule has 0 aromatic heterocycles. The first-order valence-corrected chi connectivity index (χ1v) is 30.1. The van der Waals surface area contributed by atoms with E-state index in [2.05, 4.69) is 58.5 Å². The third kappa shape index (κ3) is 27.6. The lowest BCUT2D eigenvalue weighted by Gasteiger charge is -2.31. The molecule has 0 radical (unpaired) electrons. The molecule has 1 aliphatic rings. The first kappa shape index (κ1) is 76.6. The Hall–Kier alpha value is -6.48. The molecular weight excluding hydrogens is 1130 g/mol. The molecule has 1 aliphatic heterocycles. The van der Waals surface area contributed by atoms with E-state index in [1.54, 1.807) is 37.3 Å². The highest BCUT2D eigenvalue weighted by atomic mass is 16.6. The molecule has 30 heteroatoms. The van der Waals surface area contributed by atoms with Gasteiger partial charge in [0.2, 0.25) is 53.2 Å². The molecule has 0 bridgehead atoms. The zero-order valence-corrected chi connectivity index (χ0v) is 51.8. The van der Waals surface area contributed by atoms with Crippen LogP contribution < -0.4 is 87.2 Å². The van der Waals surface area contributed by atoms with Crippen LogP contribution in [0.4, 0.5) is 0 Å². The number of benzene rings is 1. The van der Waals surface area contributed by atoms with Gasteiger partial charge in [0.1, 0.15) is 54.1 Å². The number of aliphatic hydroxyl groups is 3. The Labute approximate surface area is 510 Å². The van der Waals surface area contributed by atoms with Crippen molar-refractivity contribution in [1.82, 2.24) is 58.5 Å². The Kier molecular flexibility index (Phi) is 34.7. The van der Waals surface area contributed by atoms with Crippen molar-refractivity contribution in [2.45, 2.75) is 204 Å². The number of nitrogens with one attached hydrogen (secondary N) is 11. The highest BCUT2D eigenvalue weighted by molar-refractivity contribution is 5.97. The standard InChI is InChI=1S/C57H102N16O14/c1-9-32(4)56(86)87-57(7,8)29-44(76)66-38(16-22-59)50(80)73-46(34(6)75)55(85)69-39(17-23-60)48(78)65-36-20-26-63-54(84)45(33(5)74)72-51(81)41(19-25-62)67-49(79)40(18-24-61)68-52(82)42(27-31(2)3)70-53(83)43(28-35-13-11-10-12-14-35)71-47(77)37(15-21-58)64-30-36/h10-14,31-34,36-43,45-46,54,63-64,74-75,84H,9,15-30,58-62H2,1-8H3,(H,65,78)(H,66,76)(H,67,79)(H,68,82)(H,69,85)(H,70,83)(H,71,77)(H,72,81)(H,73,80)/t32?,33?,34?,36-,37-,38-,39-,40-,41-,42-,43+,45-,46-,54+/m0/s1.